The molecule has 0 aromatic heterocycles. The highest BCUT2D eigenvalue weighted by atomic mass is 35.5. The van der Waals surface area contributed by atoms with Crippen molar-refractivity contribution < 1.29 is 4.79 Å². The number of aryl methyl sites for hydroxylation is 2. The van der Waals surface area contributed by atoms with E-state index in [1.165, 1.54) is 11.1 Å². The number of rotatable bonds is 5. The maximum absolute atomic E-state index is 12.1. The molecule has 0 saturated carbocycles. The minimum atomic E-state index is -0.0142. The largest absolute Gasteiger partial charge is 0.325 e. The summed E-state index contributed by atoms with van der Waals surface area (Å²) in [5, 5.41) is 3.66. The molecule has 0 radical (unpaired) electrons. The maximum atomic E-state index is 12.1. The van der Waals surface area contributed by atoms with Crippen LogP contribution in [-0.4, -0.2) is 24.4 Å². The summed E-state index contributed by atoms with van der Waals surface area (Å²) in [6, 6.07) is 13.6. The fraction of sp³-hybridized carbons (Fsp3) is 0.278. The Labute approximate surface area is 136 Å². The van der Waals surface area contributed by atoms with Crippen LogP contribution in [-0.2, 0) is 11.3 Å². The molecule has 0 bridgehead atoms. The Morgan fingerprint density at radius 1 is 1.09 bits per heavy atom. The lowest BCUT2D eigenvalue weighted by Gasteiger charge is -2.16. The highest BCUT2D eigenvalue weighted by Crippen LogP contribution is 2.14. The van der Waals surface area contributed by atoms with Crippen LogP contribution in [0.15, 0.2) is 42.5 Å². The Balaban J connectivity index is 1.88. The number of hydrogen-bond acceptors (Lipinski definition) is 2. The van der Waals surface area contributed by atoms with E-state index in [1.807, 2.05) is 61.3 Å². The van der Waals surface area contributed by atoms with Crippen molar-refractivity contribution in [1.29, 1.82) is 0 Å². The molecule has 116 valence electrons. The van der Waals surface area contributed by atoms with Crippen LogP contribution in [0.1, 0.15) is 16.7 Å². The zero-order valence-electron chi connectivity index (χ0n) is 13.2. The van der Waals surface area contributed by atoms with Gasteiger partial charge in [-0.25, -0.2) is 0 Å². The van der Waals surface area contributed by atoms with Crippen molar-refractivity contribution in [2.24, 2.45) is 0 Å². The van der Waals surface area contributed by atoms with E-state index >= 15 is 0 Å². The molecule has 0 aliphatic carbocycles. The van der Waals surface area contributed by atoms with Crippen LogP contribution in [0, 0.1) is 13.8 Å². The molecule has 0 unspecified atom stereocenters. The lowest BCUT2D eigenvalue weighted by molar-refractivity contribution is -0.117. The topological polar surface area (TPSA) is 32.3 Å². The highest BCUT2D eigenvalue weighted by Gasteiger charge is 2.08. The smallest absolute Gasteiger partial charge is 0.238 e. The van der Waals surface area contributed by atoms with Gasteiger partial charge in [0.25, 0.3) is 0 Å². The predicted molar refractivity (Wildman–Crippen MR) is 92.3 cm³/mol. The standard InChI is InChI=1S/C18H21ClN2O/c1-13-4-9-17(10-14(13)2)20-18(22)12-21(3)11-15-5-7-16(19)8-6-15/h4-10H,11-12H2,1-3H3,(H,20,22). The zero-order valence-corrected chi connectivity index (χ0v) is 13.9. The maximum Gasteiger partial charge on any atom is 0.238 e. The summed E-state index contributed by atoms with van der Waals surface area (Å²) < 4.78 is 0. The Bertz CT molecular complexity index is 653. The van der Waals surface area contributed by atoms with Crippen LogP contribution in [0.5, 0.6) is 0 Å². The molecule has 0 heterocycles. The fourth-order valence-corrected chi connectivity index (χ4v) is 2.35. The van der Waals surface area contributed by atoms with Gasteiger partial charge in [-0.3, -0.25) is 9.69 Å². The van der Waals surface area contributed by atoms with E-state index in [2.05, 4.69) is 12.2 Å². The van der Waals surface area contributed by atoms with E-state index in [4.69, 9.17) is 11.6 Å². The molecular formula is C18H21ClN2O. The molecule has 0 aliphatic heterocycles. The molecule has 22 heavy (non-hydrogen) atoms. The summed E-state index contributed by atoms with van der Waals surface area (Å²) in [6.45, 7) is 5.14. The van der Waals surface area contributed by atoms with Gasteiger partial charge in [0.05, 0.1) is 6.54 Å². The SMILES string of the molecule is Cc1ccc(NC(=O)CN(C)Cc2ccc(Cl)cc2)cc1C. The average molecular weight is 317 g/mol. The first-order valence-corrected chi connectivity index (χ1v) is 7.62. The molecule has 2 aromatic rings. The zero-order chi connectivity index (χ0) is 16.1. The van der Waals surface area contributed by atoms with E-state index in [9.17, 15) is 4.79 Å². The molecule has 0 fully saturated rings. The van der Waals surface area contributed by atoms with Gasteiger partial charge in [0.2, 0.25) is 5.91 Å². The minimum absolute atomic E-state index is 0.0142. The second kappa shape index (κ2) is 7.43. The highest BCUT2D eigenvalue weighted by molar-refractivity contribution is 6.30. The van der Waals surface area contributed by atoms with Crippen molar-refractivity contribution in [3.63, 3.8) is 0 Å². The number of carbonyl (C=O) groups excluding carboxylic acids is 1. The number of amides is 1. The number of hydrogen-bond donors (Lipinski definition) is 1. The summed E-state index contributed by atoms with van der Waals surface area (Å²) in [5.74, 6) is -0.0142. The quantitative estimate of drug-likeness (QED) is 0.903. The molecule has 0 aliphatic rings. The monoisotopic (exact) mass is 316 g/mol. The number of anilines is 1. The van der Waals surface area contributed by atoms with Gasteiger partial charge < -0.3 is 5.32 Å². The molecule has 4 heteroatoms. The molecule has 0 saturated heterocycles. The molecule has 1 amide bonds. The molecule has 3 nitrogen and oxygen atoms in total. The van der Waals surface area contributed by atoms with Crippen LogP contribution >= 0.6 is 11.6 Å². The number of benzene rings is 2. The normalized spacial score (nSPS) is 10.8. The van der Waals surface area contributed by atoms with Crippen molar-refractivity contribution in [2.45, 2.75) is 20.4 Å². The van der Waals surface area contributed by atoms with Gasteiger partial charge in [-0.05, 0) is 61.9 Å². The van der Waals surface area contributed by atoms with Crippen LogP contribution in [0.25, 0.3) is 0 Å². The van der Waals surface area contributed by atoms with Crippen LogP contribution in [0.2, 0.25) is 5.02 Å². The van der Waals surface area contributed by atoms with Crippen LogP contribution in [0.4, 0.5) is 5.69 Å². The molecule has 1 N–H and O–H groups in total. The van der Waals surface area contributed by atoms with Gasteiger partial charge in [-0.15, -0.1) is 0 Å². The average Bonchev–Trinajstić information content (AvgIpc) is 2.45. The third kappa shape index (κ3) is 4.86. The van der Waals surface area contributed by atoms with Gasteiger partial charge in [-0.2, -0.15) is 0 Å². The minimum Gasteiger partial charge on any atom is -0.325 e. The van der Waals surface area contributed by atoms with Gasteiger partial charge in [0, 0.05) is 17.3 Å². The van der Waals surface area contributed by atoms with Crippen molar-refractivity contribution in [3.8, 4) is 0 Å². The Hall–Kier alpha value is -1.84. The number of nitrogens with zero attached hydrogens (tertiary/aromatic N) is 1. The summed E-state index contributed by atoms with van der Waals surface area (Å²) >= 11 is 5.87. The lowest BCUT2D eigenvalue weighted by Crippen LogP contribution is -2.29. The number of carbonyl (C=O) groups is 1. The van der Waals surface area contributed by atoms with Crippen molar-refractivity contribution >= 4 is 23.2 Å². The van der Waals surface area contributed by atoms with Crippen LogP contribution < -0.4 is 5.32 Å². The molecule has 0 spiro atoms. The van der Waals surface area contributed by atoms with E-state index in [-0.39, 0.29) is 5.91 Å². The Morgan fingerprint density at radius 3 is 2.41 bits per heavy atom. The third-order valence-electron chi connectivity index (χ3n) is 3.57. The molecule has 2 rings (SSSR count). The van der Waals surface area contributed by atoms with Crippen molar-refractivity contribution in [1.82, 2.24) is 4.90 Å². The third-order valence-corrected chi connectivity index (χ3v) is 3.82. The van der Waals surface area contributed by atoms with Gasteiger partial charge in [-0.1, -0.05) is 29.8 Å². The van der Waals surface area contributed by atoms with Crippen molar-refractivity contribution in [2.75, 3.05) is 18.9 Å². The summed E-state index contributed by atoms with van der Waals surface area (Å²) in [6.07, 6.45) is 0. The summed E-state index contributed by atoms with van der Waals surface area (Å²) in [7, 11) is 1.93. The number of halogens is 1. The summed E-state index contributed by atoms with van der Waals surface area (Å²) in [5.41, 5.74) is 4.36. The van der Waals surface area contributed by atoms with Gasteiger partial charge in [0.1, 0.15) is 0 Å². The van der Waals surface area contributed by atoms with E-state index in [0.717, 1.165) is 16.3 Å². The second-order valence-corrected chi connectivity index (χ2v) is 6.08. The first-order chi connectivity index (χ1) is 10.4. The fourth-order valence-electron chi connectivity index (χ4n) is 2.22. The van der Waals surface area contributed by atoms with Gasteiger partial charge >= 0.3 is 0 Å². The second-order valence-electron chi connectivity index (χ2n) is 5.65. The first kappa shape index (κ1) is 16.5. The van der Waals surface area contributed by atoms with E-state index in [1.54, 1.807) is 0 Å². The van der Waals surface area contributed by atoms with Crippen LogP contribution in [0.3, 0.4) is 0 Å². The molecular weight excluding hydrogens is 296 g/mol. The Kier molecular flexibility index (Phi) is 5.58. The number of nitrogens with one attached hydrogen (secondary N) is 1. The number of likely N-dealkylation sites (N-methyl/N-ethyl adjacent to an activating group) is 1. The lowest BCUT2D eigenvalue weighted by atomic mass is 10.1. The van der Waals surface area contributed by atoms with E-state index in [0.29, 0.717) is 13.1 Å². The molecule has 2 aromatic carbocycles. The predicted octanol–water partition coefficient (Wildman–Crippen LogP) is 4.03. The Morgan fingerprint density at radius 2 is 1.77 bits per heavy atom. The van der Waals surface area contributed by atoms with Gasteiger partial charge in [0.15, 0.2) is 0 Å². The van der Waals surface area contributed by atoms with E-state index < -0.39 is 0 Å². The summed E-state index contributed by atoms with van der Waals surface area (Å²) in [4.78, 5) is 14.1. The van der Waals surface area contributed by atoms with Crippen molar-refractivity contribution in [3.05, 3.63) is 64.2 Å². The molecule has 0 atom stereocenters. The first-order valence-electron chi connectivity index (χ1n) is 7.24.